The van der Waals surface area contributed by atoms with Gasteiger partial charge < -0.3 is 9.52 Å². The zero-order chi connectivity index (χ0) is 16.6. The summed E-state index contributed by atoms with van der Waals surface area (Å²) in [5.41, 5.74) is -0.110. The summed E-state index contributed by atoms with van der Waals surface area (Å²) in [6.07, 6.45) is 1.10. The molecule has 6 nitrogen and oxygen atoms in total. The fourth-order valence-electron chi connectivity index (χ4n) is 3.04. The number of benzene rings is 1. The first-order valence-electron chi connectivity index (χ1n) is 7.65. The molecular weight excluding hydrogens is 318 g/mol. The molecule has 2 heterocycles. The number of nitrogens with zero attached hydrogens (tertiary/aromatic N) is 1. The summed E-state index contributed by atoms with van der Waals surface area (Å²) < 4.78 is 32.4. The Morgan fingerprint density at radius 1 is 1.30 bits per heavy atom. The molecule has 124 valence electrons. The van der Waals surface area contributed by atoms with Crippen molar-refractivity contribution in [3.8, 4) is 0 Å². The topological polar surface area (TPSA) is 87.8 Å². The van der Waals surface area contributed by atoms with Crippen molar-refractivity contribution in [2.45, 2.75) is 43.2 Å². The Bertz CT molecular complexity index is 873. The van der Waals surface area contributed by atoms with Gasteiger partial charge in [-0.25, -0.2) is 13.2 Å². The van der Waals surface area contributed by atoms with Crippen LogP contribution in [-0.2, 0) is 10.0 Å². The van der Waals surface area contributed by atoms with E-state index in [1.165, 1.54) is 28.6 Å². The Hall–Kier alpha value is -1.70. The van der Waals surface area contributed by atoms with Crippen LogP contribution in [0.2, 0.25) is 0 Å². The van der Waals surface area contributed by atoms with Crippen LogP contribution in [0.25, 0.3) is 11.0 Å². The normalized spacial score (nSPS) is 23.2. The largest absolute Gasteiger partial charge is 0.423 e. The summed E-state index contributed by atoms with van der Waals surface area (Å²) in [4.78, 5) is 11.4. The van der Waals surface area contributed by atoms with Crippen molar-refractivity contribution in [2.75, 3.05) is 6.54 Å². The minimum Gasteiger partial charge on any atom is -0.423 e. The van der Waals surface area contributed by atoms with Gasteiger partial charge in [0.05, 0.1) is 11.0 Å². The lowest BCUT2D eigenvalue weighted by Gasteiger charge is -2.36. The number of aliphatic hydroxyl groups excluding tert-OH is 1. The summed E-state index contributed by atoms with van der Waals surface area (Å²) in [5, 5.41) is 10.3. The molecule has 1 saturated heterocycles. The highest BCUT2D eigenvalue weighted by molar-refractivity contribution is 7.89. The number of aliphatic hydroxyl groups is 1. The van der Waals surface area contributed by atoms with Crippen LogP contribution in [0, 0.1) is 0 Å². The van der Waals surface area contributed by atoms with E-state index in [0.717, 1.165) is 0 Å². The number of piperidine rings is 1. The Balaban J connectivity index is 2.01. The standard InChI is InChI=1S/C16H19NO5S/c1-2-12-10-13(18)7-8-17(12)23(20,21)14-4-5-15-11(9-14)3-6-16(19)22-15/h3-6,9,12-13,18H,2,7-8,10H2,1H3/t12-,13-/m0/s1. The van der Waals surface area contributed by atoms with Gasteiger partial charge >= 0.3 is 5.63 Å². The van der Waals surface area contributed by atoms with Gasteiger partial charge in [0, 0.05) is 24.0 Å². The summed E-state index contributed by atoms with van der Waals surface area (Å²) in [6, 6.07) is 7.10. The number of fused-ring (bicyclic) bond motifs is 1. The molecule has 1 N–H and O–H groups in total. The van der Waals surface area contributed by atoms with Crippen LogP contribution < -0.4 is 5.63 Å². The van der Waals surface area contributed by atoms with Crippen molar-refractivity contribution in [2.24, 2.45) is 0 Å². The van der Waals surface area contributed by atoms with Gasteiger partial charge in [-0.05, 0) is 43.5 Å². The fraction of sp³-hybridized carbons (Fsp3) is 0.438. The van der Waals surface area contributed by atoms with E-state index >= 15 is 0 Å². The molecule has 7 heteroatoms. The lowest BCUT2D eigenvalue weighted by atomic mass is 10.0. The van der Waals surface area contributed by atoms with E-state index in [0.29, 0.717) is 36.8 Å². The van der Waals surface area contributed by atoms with Crippen LogP contribution in [0.15, 0.2) is 44.4 Å². The quantitative estimate of drug-likeness (QED) is 0.862. The lowest BCUT2D eigenvalue weighted by molar-refractivity contribution is 0.0797. The highest BCUT2D eigenvalue weighted by Gasteiger charge is 2.35. The second kappa shape index (κ2) is 6.07. The molecular formula is C16H19NO5S. The maximum absolute atomic E-state index is 12.9. The predicted octanol–water partition coefficient (Wildman–Crippen LogP) is 1.72. The van der Waals surface area contributed by atoms with Gasteiger partial charge in [0.25, 0.3) is 0 Å². The zero-order valence-corrected chi connectivity index (χ0v) is 13.6. The minimum atomic E-state index is -3.65. The lowest BCUT2D eigenvalue weighted by Crippen LogP contribution is -2.47. The maximum atomic E-state index is 12.9. The second-order valence-corrected chi connectivity index (χ2v) is 7.70. The van der Waals surface area contributed by atoms with E-state index in [2.05, 4.69) is 0 Å². The third-order valence-electron chi connectivity index (χ3n) is 4.30. The van der Waals surface area contributed by atoms with Crippen molar-refractivity contribution < 1.29 is 17.9 Å². The summed E-state index contributed by atoms with van der Waals surface area (Å²) >= 11 is 0. The first kappa shape index (κ1) is 16.2. The molecule has 1 aromatic heterocycles. The Labute approximate surface area is 134 Å². The van der Waals surface area contributed by atoms with Crippen molar-refractivity contribution in [1.29, 1.82) is 0 Å². The van der Waals surface area contributed by atoms with Crippen LogP contribution in [-0.4, -0.2) is 36.5 Å². The molecule has 1 aromatic carbocycles. The molecule has 23 heavy (non-hydrogen) atoms. The fourth-order valence-corrected chi connectivity index (χ4v) is 4.80. The van der Waals surface area contributed by atoms with Crippen LogP contribution in [0.1, 0.15) is 26.2 Å². The third kappa shape index (κ3) is 3.04. The highest BCUT2D eigenvalue weighted by atomic mass is 32.2. The zero-order valence-electron chi connectivity index (χ0n) is 12.8. The molecule has 0 amide bonds. The molecule has 0 bridgehead atoms. The van der Waals surface area contributed by atoms with Crippen LogP contribution in [0.5, 0.6) is 0 Å². The third-order valence-corrected chi connectivity index (χ3v) is 6.25. The summed E-state index contributed by atoms with van der Waals surface area (Å²) in [7, 11) is -3.65. The van der Waals surface area contributed by atoms with E-state index in [1.54, 1.807) is 6.07 Å². The summed E-state index contributed by atoms with van der Waals surface area (Å²) in [5.74, 6) is 0. The monoisotopic (exact) mass is 337 g/mol. The molecule has 2 aromatic rings. The SMILES string of the molecule is CC[C@H]1C[C@@H](O)CCN1S(=O)(=O)c1ccc2oc(=O)ccc2c1. The Morgan fingerprint density at radius 2 is 2.09 bits per heavy atom. The van der Waals surface area contributed by atoms with Crippen LogP contribution >= 0.6 is 0 Å². The van der Waals surface area contributed by atoms with Crippen LogP contribution in [0.4, 0.5) is 0 Å². The Morgan fingerprint density at radius 3 is 2.83 bits per heavy atom. The molecule has 0 spiro atoms. The number of hydrogen-bond acceptors (Lipinski definition) is 5. The van der Waals surface area contributed by atoms with Crippen molar-refractivity contribution in [3.05, 3.63) is 40.8 Å². The molecule has 3 rings (SSSR count). The van der Waals surface area contributed by atoms with Crippen LogP contribution in [0.3, 0.4) is 0 Å². The molecule has 2 atom stereocenters. The smallest absolute Gasteiger partial charge is 0.336 e. The second-order valence-electron chi connectivity index (χ2n) is 5.81. The van der Waals surface area contributed by atoms with E-state index < -0.39 is 21.8 Å². The molecule has 0 radical (unpaired) electrons. The van der Waals surface area contributed by atoms with Gasteiger partial charge in [0.15, 0.2) is 0 Å². The van der Waals surface area contributed by atoms with Gasteiger partial charge in [-0.15, -0.1) is 0 Å². The molecule has 0 aliphatic carbocycles. The van der Waals surface area contributed by atoms with Gasteiger partial charge in [0.1, 0.15) is 5.58 Å². The average molecular weight is 337 g/mol. The highest BCUT2D eigenvalue weighted by Crippen LogP contribution is 2.28. The first-order chi connectivity index (χ1) is 10.9. The van der Waals surface area contributed by atoms with Crippen molar-refractivity contribution in [1.82, 2.24) is 4.31 Å². The average Bonchev–Trinajstić information content (AvgIpc) is 2.53. The van der Waals surface area contributed by atoms with E-state index in [4.69, 9.17) is 4.42 Å². The van der Waals surface area contributed by atoms with Gasteiger partial charge in [-0.2, -0.15) is 4.31 Å². The predicted molar refractivity (Wildman–Crippen MR) is 85.7 cm³/mol. The molecule has 1 aliphatic heterocycles. The molecule has 1 aliphatic rings. The number of hydrogen-bond donors (Lipinski definition) is 1. The minimum absolute atomic E-state index is 0.175. The van der Waals surface area contributed by atoms with Gasteiger partial charge in [0.2, 0.25) is 10.0 Å². The van der Waals surface area contributed by atoms with E-state index in [1.807, 2.05) is 6.92 Å². The molecule has 0 unspecified atom stereocenters. The van der Waals surface area contributed by atoms with E-state index in [-0.39, 0.29) is 10.9 Å². The van der Waals surface area contributed by atoms with Crippen molar-refractivity contribution >= 4 is 21.0 Å². The van der Waals surface area contributed by atoms with Gasteiger partial charge in [-0.3, -0.25) is 0 Å². The van der Waals surface area contributed by atoms with E-state index in [9.17, 15) is 18.3 Å². The Kier molecular flexibility index (Phi) is 4.27. The summed E-state index contributed by atoms with van der Waals surface area (Å²) in [6.45, 7) is 2.23. The molecule has 1 fully saturated rings. The van der Waals surface area contributed by atoms with Crippen molar-refractivity contribution in [3.63, 3.8) is 0 Å². The van der Waals surface area contributed by atoms with Gasteiger partial charge in [-0.1, -0.05) is 6.92 Å². The number of sulfonamides is 1. The first-order valence-corrected chi connectivity index (χ1v) is 9.09. The molecule has 0 saturated carbocycles. The number of rotatable bonds is 3. The maximum Gasteiger partial charge on any atom is 0.336 e.